The summed E-state index contributed by atoms with van der Waals surface area (Å²) in [7, 11) is 1.74. The van der Waals surface area contributed by atoms with Gasteiger partial charge >= 0.3 is 0 Å². The Balaban J connectivity index is 1.92. The molecule has 1 heterocycles. The first-order valence-electron chi connectivity index (χ1n) is 6.63. The van der Waals surface area contributed by atoms with E-state index in [4.69, 9.17) is 4.74 Å². The lowest BCUT2D eigenvalue weighted by Crippen LogP contribution is -2.31. The van der Waals surface area contributed by atoms with Crippen LogP contribution in [0.1, 0.15) is 18.9 Å². The van der Waals surface area contributed by atoms with E-state index in [1.165, 1.54) is 5.56 Å². The number of hydrogen-bond acceptors (Lipinski definition) is 3. The van der Waals surface area contributed by atoms with Crippen LogP contribution in [-0.4, -0.2) is 29.3 Å². The summed E-state index contributed by atoms with van der Waals surface area (Å²) in [6.07, 6.45) is 6.60. The molecule has 0 spiro atoms. The molecule has 1 atom stereocenters. The van der Waals surface area contributed by atoms with E-state index in [2.05, 4.69) is 41.5 Å². The highest BCUT2D eigenvalue weighted by molar-refractivity contribution is 5.34. The molecule has 2 aromatic rings. The van der Waals surface area contributed by atoms with Crippen molar-refractivity contribution in [1.82, 2.24) is 14.9 Å². The Hall–Kier alpha value is -1.65. The van der Waals surface area contributed by atoms with Crippen molar-refractivity contribution in [2.75, 3.05) is 13.7 Å². The summed E-state index contributed by atoms with van der Waals surface area (Å²) in [6.45, 7) is 3.79. The fraction of sp³-hybridized carbons (Fsp3) is 0.400. The van der Waals surface area contributed by atoms with Crippen LogP contribution in [0, 0.1) is 0 Å². The van der Waals surface area contributed by atoms with E-state index in [0.717, 1.165) is 25.3 Å². The standard InChI is InChI=1S/C15H21N3O/c1-3-14(11-19-2)17-10-13-4-6-15(7-5-13)18-9-8-16-12-18/h4-9,12,14,17H,3,10-11H2,1-2H3. The smallest absolute Gasteiger partial charge is 0.0991 e. The quantitative estimate of drug-likeness (QED) is 0.830. The lowest BCUT2D eigenvalue weighted by Gasteiger charge is -2.16. The van der Waals surface area contributed by atoms with Crippen molar-refractivity contribution < 1.29 is 4.74 Å². The molecule has 0 fully saturated rings. The molecule has 0 bridgehead atoms. The second-order valence-electron chi connectivity index (χ2n) is 4.58. The minimum Gasteiger partial charge on any atom is -0.383 e. The van der Waals surface area contributed by atoms with Crippen molar-refractivity contribution in [1.29, 1.82) is 0 Å². The second kappa shape index (κ2) is 7.07. The molecule has 102 valence electrons. The van der Waals surface area contributed by atoms with Gasteiger partial charge in [-0.3, -0.25) is 0 Å². The topological polar surface area (TPSA) is 39.1 Å². The number of benzene rings is 1. The average Bonchev–Trinajstić information content (AvgIpc) is 2.98. The third-order valence-corrected chi connectivity index (χ3v) is 3.19. The largest absolute Gasteiger partial charge is 0.383 e. The molecule has 0 aliphatic heterocycles. The predicted octanol–water partition coefficient (Wildman–Crippen LogP) is 2.39. The first-order chi connectivity index (χ1) is 9.33. The van der Waals surface area contributed by atoms with Crippen molar-refractivity contribution in [2.24, 2.45) is 0 Å². The van der Waals surface area contributed by atoms with Crippen molar-refractivity contribution >= 4 is 0 Å². The Morgan fingerprint density at radius 2 is 2.11 bits per heavy atom. The fourth-order valence-electron chi connectivity index (χ4n) is 1.98. The zero-order chi connectivity index (χ0) is 13.5. The molecule has 0 aliphatic rings. The number of ether oxygens (including phenoxy) is 1. The van der Waals surface area contributed by atoms with E-state index in [0.29, 0.717) is 6.04 Å². The van der Waals surface area contributed by atoms with Crippen molar-refractivity contribution in [2.45, 2.75) is 25.9 Å². The molecule has 0 saturated carbocycles. The number of nitrogens with zero attached hydrogens (tertiary/aromatic N) is 2. The van der Waals surface area contributed by atoms with Gasteiger partial charge in [-0.1, -0.05) is 19.1 Å². The normalized spacial score (nSPS) is 12.5. The van der Waals surface area contributed by atoms with Gasteiger partial charge in [0.2, 0.25) is 0 Å². The number of rotatable bonds is 7. The number of nitrogens with one attached hydrogen (secondary N) is 1. The maximum absolute atomic E-state index is 5.18. The molecule has 0 saturated heterocycles. The van der Waals surface area contributed by atoms with Gasteiger partial charge in [-0.05, 0) is 24.1 Å². The number of hydrogen-bond donors (Lipinski definition) is 1. The van der Waals surface area contributed by atoms with Crippen LogP contribution in [0.3, 0.4) is 0 Å². The van der Waals surface area contributed by atoms with E-state index in [1.54, 1.807) is 19.6 Å². The molecule has 1 aromatic carbocycles. The van der Waals surface area contributed by atoms with Gasteiger partial charge in [0, 0.05) is 37.8 Å². The van der Waals surface area contributed by atoms with E-state index in [9.17, 15) is 0 Å². The highest BCUT2D eigenvalue weighted by Crippen LogP contribution is 2.09. The van der Waals surface area contributed by atoms with Gasteiger partial charge in [-0.25, -0.2) is 4.98 Å². The van der Waals surface area contributed by atoms with E-state index in [1.807, 2.05) is 10.8 Å². The molecule has 4 heteroatoms. The third kappa shape index (κ3) is 3.91. The first kappa shape index (κ1) is 13.8. The SMILES string of the molecule is CCC(COC)NCc1ccc(-n2ccnc2)cc1. The molecule has 19 heavy (non-hydrogen) atoms. The Morgan fingerprint density at radius 3 is 2.68 bits per heavy atom. The highest BCUT2D eigenvalue weighted by Gasteiger charge is 2.04. The van der Waals surface area contributed by atoms with Gasteiger partial charge in [0.05, 0.1) is 12.9 Å². The van der Waals surface area contributed by atoms with Gasteiger partial charge in [0.25, 0.3) is 0 Å². The zero-order valence-electron chi connectivity index (χ0n) is 11.5. The average molecular weight is 259 g/mol. The maximum atomic E-state index is 5.18. The molecular formula is C15H21N3O. The second-order valence-corrected chi connectivity index (χ2v) is 4.58. The van der Waals surface area contributed by atoms with Crippen LogP contribution < -0.4 is 5.32 Å². The Labute approximate surface area is 114 Å². The summed E-state index contributed by atoms with van der Waals surface area (Å²) in [5.74, 6) is 0. The van der Waals surface area contributed by atoms with E-state index < -0.39 is 0 Å². The van der Waals surface area contributed by atoms with Crippen LogP contribution in [-0.2, 0) is 11.3 Å². The van der Waals surface area contributed by atoms with Crippen LogP contribution in [0.2, 0.25) is 0 Å². The molecule has 2 rings (SSSR count). The molecular weight excluding hydrogens is 238 g/mol. The zero-order valence-corrected chi connectivity index (χ0v) is 11.5. The minimum atomic E-state index is 0.415. The monoisotopic (exact) mass is 259 g/mol. The van der Waals surface area contributed by atoms with Gasteiger partial charge in [0.15, 0.2) is 0 Å². The molecule has 0 amide bonds. The minimum absolute atomic E-state index is 0.415. The summed E-state index contributed by atoms with van der Waals surface area (Å²) in [5.41, 5.74) is 2.41. The molecule has 1 N–H and O–H groups in total. The van der Waals surface area contributed by atoms with Crippen LogP contribution in [0.4, 0.5) is 0 Å². The van der Waals surface area contributed by atoms with Crippen LogP contribution in [0.15, 0.2) is 43.0 Å². The lowest BCUT2D eigenvalue weighted by molar-refractivity contribution is 0.164. The summed E-state index contributed by atoms with van der Waals surface area (Å²) >= 11 is 0. The van der Waals surface area contributed by atoms with Crippen molar-refractivity contribution in [3.05, 3.63) is 48.5 Å². The maximum Gasteiger partial charge on any atom is 0.0991 e. The van der Waals surface area contributed by atoms with Crippen LogP contribution in [0.25, 0.3) is 5.69 Å². The molecule has 4 nitrogen and oxygen atoms in total. The van der Waals surface area contributed by atoms with Gasteiger partial charge in [-0.2, -0.15) is 0 Å². The summed E-state index contributed by atoms with van der Waals surface area (Å²) in [4.78, 5) is 4.05. The number of methoxy groups -OCH3 is 1. The Bertz CT molecular complexity index is 465. The van der Waals surface area contributed by atoms with E-state index in [-0.39, 0.29) is 0 Å². The third-order valence-electron chi connectivity index (χ3n) is 3.19. The fourth-order valence-corrected chi connectivity index (χ4v) is 1.98. The van der Waals surface area contributed by atoms with Crippen LogP contribution in [0.5, 0.6) is 0 Å². The highest BCUT2D eigenvalue weighted by atomic mass is 16.5. The van der Waals surface area contributed by atoms with Gasteiger partial charge in [0.1, 0.15) is 0 Å². The molecule has 0 radical (unpaired) electrons. The molecule has 1 aromatic heterocycles. The van der Waals surface area contributed by atoms with Gasteiger partial charge < -0.3 is 14.6 Å². The Morgan fingerprint density at radius 1 is 1.32 bits per heavy atom. The Kier molecular flexibility index (Phi) is 5.12. The number of imidazole rings is 1. The predicted molar refractivity (Wildman–Crippen MR) is 76.4 cm³/mol. The summed E-state index contributed by atoms with van der Waals surface area (Å²) in [5, 5.41) is 3.50. The van der Waals surface area contributed by atoms with Crippen molar-refractivity contribution in [3.63, 3.8) is 0 Å². The first-order valence-corrected chi connectivity index (χ1v) is 6.63. The van der Waals surface area contributed by atoms with Crippen LogP contribution >= 0.6 is 0 Å². The van der Waals surface area contributed by atoms with E-state index >= 15 is 0 Å². The summed E-state index contributed by atoms with van der Waals surface area (Å²) < 4.78 is 7.18. The number of aromatic nitrogens is 2. The molecule has 1 unspecified atom stereocenters. The molecule has 0 aliphatic carbocycles. The van der Waals surface area contributed by atoms with Crippen molar-refractivity contribution in [3.8, 4) is 5.69 Å². The summed E-state index contributed by atoms with van der Waals surface area (Å²) in [6, 6.07) is 8.91. The lowest BCUT2D eigenvalue weighted by atomic mass is 10.1. The van der Waals surface area contributed by atoms with Gasteiger partial charge in [-0.15, -0.1) is 0 Å².